The molecule has 0 aliphatic heterocycles. The molecule has 0 atom stereocenters. The van der Waals surface area contributed by atoms with Crippen LogP contribution in [-0.4, -0.2) is 9.38 Å². The van der Waals surface area contributed by atoms with E-state index in [-0.39, 0.29) is 10.8 Å². The fourth-order valence-electron chi connectivity index (χ4n) is 2.30. The highest BCUT2D eigenvalue weighted by Crippen LogP contribution is 2.21. The lowest BCUT2D eigenvalue weighted by atomic mass is 10.2. The van der Waals surface area contributed by atoms with E-state index in [4.69, 9.17) is 11.6 Å². The normalized spacial score (nSPS) is 11.4. The van der Waals surface area contributed by atoms with Gasteiger partial charge in [-0.15, -0.1) is 11.3 Å². The third-order valence-corrected chi connectivity index (χ3v) is 4.53. The molecule has 1 N–H and O–H groups in total. The van der Waals surface area contributed by atoms with E-state index in [1.165, 1.54) is 10.9 Å². The number of thiazole rings is 1. The van der Waals surface area contributed by atoms with Crippen LogP contribution in [-0.2, 0) is 13.1 Å². The summed E-state index contributed by atoms with van der Waals surface area (Å²) in [6, 6.07) is 4.78. The maximum atomic E-state index is 13.1. The van der Waals surface area contributed by atoms with E-state index in [0.29, 0.717) is 13.1 Å². The largest absolute Gasteiger partial charge is 0.307 e. The highest BCUT2D eigenvalue weighted by Gasteiger charge is 2.10. The number of halogens is 2. The molecule has 3 aromatic rings. The first-order valence-electron chi connectivity index (χ1n) is 6.63. The van der Waals surface area contributed by atoms with Gasteiger partial charge in [-0.3, -0.25) is 4.40 Å². The molecule has 0 radical (unpaired) electrons. The van der Waals surface area contributed by atoms with Gasteiger partial charge in [-0.1, -0.05) is 17.7 Å². The summed E-state index contributed by atoms with van der Waals surface area (Å²) in [5.74, 6) is -0.387. The quantitative estimate of drug-likeness (QED) is 0.783. The second-order valence-electron chi connectivity index (χ2n) is 4.99. The van der Waals surface area contributed by atoms with Crippen LogP contribution in [0.1, 0.15) is 21.8 Å². The Morgan fingerprint density at radius 2 is 2.14 bits per heavy atom. The fraction of sp³-hybridized carbons (Fsp3) is 0.267. The number of hydrogen-bond donors (Lipinski definition) is 1. The summed E-state index contributed by atoms with van der Waals surface area (Å²) in [6.45, 7) is 5.43. The lowest BCUT2D eigenvalue weighted by Gasteiger charge is -2.06. The summed E-state index contributed by atoms with van der Waals surface area (Å²) in [7, 11) is 0. The van der Waals surface area contributed by atoms with Crippen molar-refractivity contribution < 1.29 is 4.39 Å². The molecule has 1 aromatic carbocycles. The predicted octanol–water partition coefficient (Wildman–Crippen LogP) is 4.09. The molecular formula is C15H15ClFN3S. The van der Waals surface area contributed by atoms with Gasteiger partial charge in [-0.2, -0.15) is 0 Å². The summed E-state index contributed by atoms with van der Waals surface area (Å²) >= 11 is 7.47. The zero-order valence-corrected chi connectivity index (χ0v) is 13.4. The highest BCUT2D eigenvalue weighted by atomic mass is 35.5. The molecule has 0 saturated carbocycles. The molecule has 0 bridgehead atoms. The number of imidazole rings is 1. The third-order valence-electron chi connectivity index (χ3n) is 3.35. The van der Waals surface area contributed by atoms with Crippen LogP contribution < -0.4 is 5.32 Å². The van der Waals surface area contributed by atoms with E-state index < -0.39 is 0 Å². The van der Waals surface area contributed by atoms with Crippen molar-refractivity contribution in [1.82, 2.24) is 14.7 Å². The van der Waals surface area contributed by atoms with Gasteiger partial charge in [-0.25, -0.2) is 9.37 Å². The van der Waals surface area contributed by atoms with Gasteiger partial charge in [0.05, 0.1) is 16.4 Å². The standard InChI is InChI=1S/C15H15ClFN3S/c1-9-8-20-14(10(2)19-15(20)21-9)7-18-6-11-3-4-13(17)12(16)5-11/h3-5,8,18H,6-7H2,1-2H3. The Bertz CT molecular complexity index is 794. The van der Waals surface area contributed by atoms with Gasteiger partial charge in [0, 0.05) is 24.2 Å². The molecule has 21 heavy (non-hydrogen) atoms. The SMILES string of the molecule is Cc1cn2c(CNCc3ccc(F)c(Cl)c3)c(C)nc2s1. The Hall–Kier alpha value is -1.43. The van der Waals surface area contributed by atoms with Crippen molar-refractivity contribution in [1.29, 1.82) is 0 Å². The Balaban J connectivity index is 1.71. The number of aromatic nitrogens is 2. The van der Waals surface area contributed by atoms with Crippen LogP contribution >= 0.6 is 22.9 Å². The average molecular weight is 324 g/mol. The fourth-order valence-corrected chi connectivity index (χ4v) is 3.39. The first-order valence-corrected chi connectivity index (χ1v) is 7.82. The first-order chi connectivity index (χ1) is 10.0. The Kier molecular flexibility index (Phi) is 3.97. The van der Waals surface area contributed by atoms with Gasteiger partial charge in [0.15, 0.2) is 4.96 Å². The van der Waals surface area contributed by atoms with Crippen LogP contribution in [0.4, 0.5) is 4.39 Å². The minimum absolute atomic E-state index is 0.158. The second kappa shape index (κ2) is 5.75. The van der Waals surface area contributed by atoms with Crippen molar-refractivity contribution >= 4 is 27.9 Å². The van der Waals surface area contributed by atoms with Gasteiger partial charge < -0.3 is 5.32 Å². The summed E-state index contributed by atoms with van der Waals surface area (Å²) in [5, 5.41) is 3.51. The van der Waals surface area contributed by atoms with Crippen molar-refractivity contribution in [3.05, 3.63) is 57.1 Å². The van der Waals surface area contributed by atoms with Crippen LogP contribution in [0.3, 0.4) is 0 Å². The van der Waals surface area contributed by atoms with Crippen molar-refractivity contribution in [2.75, 3.05) is 0 Å². The first kappa shape index (κ1) is 14.5. The van der Waals surface area contributed by atoms with E-state index in [0.717, 1.165) is 21.9 Å². The minimum atomic E-state index is -0.387. The van der Waals surface area contributed by atoms with E-state index in [9.17, 15) is 4.39 Å². The maximum absolute atomic E-state index is 13.1. The molecule has 2 aromatic heterocycles. The van der Waals surface area contributed by atoms with Crippen molar-refractivity contribution in [3.63, 3.8) is 0 Å². The molecule has 110 valence electrons. The maximum Gasteiger partial charge on any atom is 0.194 e. The Labute approximate surface area is 131 Å². The number of aryl methyl sites for hydroxylation is 2. The molecule has 0 unspecified atom stereocenters. The van der Waals surface area contributed by atoms with E-state index in [1.54, 1.807) is 23.5 Å². The van der Waals surface area contributed by atoms with E-state index in [2.05, 4.69) is 27.8 Å². The zero-order valence-electron chi connectivity index (χ0n) is 11.8. The number of nitrogens with one attached hydrogen (secondary N) is 1. The van der Waals surface area contributed by atoms with Crippen LogP contribution in [0.5, 0.6) is 0 Å². The number of fused-ring (bicyclic) bond motifs is 1. The Morgan fingerprint density at radius 1 is 1.33 bits per heavy atom. The summed E-state index contributed by atoms with van der Waals surface area (Å²) < 4.78 is 15.2. The van der Waals surface area contributed by atoms with Gasteiger partial charge in [0.2, 0.25) is 0 Å². The van der Waals surface area contributed by atoms with Crippen molar-refractivity contribution in [2.45, 2.75) is 26.9 Å². The predicted molar refractivity (Wildman–Crippen MR) is 84.5 cm³/mol. The second-order valence-corrected chi connectivity index (χ2v) is 6.61. The van der Waals surface area contributed by atoms with Gasteiger partial charge in [0.1, 0.15) is 5.82 Å². The average Bonchev–Trinajstić information content (AvgIpc) is 2.91. The van der Waals surface area contributed by atoms with Crippen LogP contribution in [0, 0.1) is 19.7 Å². The molecule has 2 heterocycles. The topological polar surface area (TPSA) is 29.3 Å². The molecule has 0 aliphatic carbocycles. The van der Waals surface area contributed by atoms with Gasteiger partial charge in [-0.05, 0) is 31.5 Å². The molecule has 0 fully saturated rings. The summed E-state index contributed by atoms with van der Waals surface area (Å²) in [6.07, 6.45) is 2.10. The minimum Gasteiger partial charge on any atom is -0.307 e. The molecule has 0 amide bonds. The molecule has 0 aliphatic rings. The van der Waals surface area contributed by atoms with Gasteiger partial charge >= 0.3 is 0 Å². The van der Waals surface area contributed by atoms with Crippen molar-refractivity contribution in [3.8, 4) is 0 Å². The molecule has 0 saturated heterocycles. The third kappa shape index (κ3) is 2.95. The van der Waals surface area contributed by atoms with E-state index >= 15 is 0 Å². The molecule has 0 spiro atoms. The van der Waals surface area contributed by atoms with Crippen molar-refractivity contribution in [2.24, 2.45) is 0 Å². The number of benzene rings is 1. The van der Waals surface area contributed by atoms with Crippen LogP contribution in [0.15, 0.2) is 24.4 Å². The number of nitrogens with zero attached hydrogens (tertiary/aromatic N) is 2. The van der Waals surface area contributed by atoms with Crippen LogP contribution in [0.2, 0.25) is 5.02 Å². The Morgan fingerprint density at radius 3 is 2.90 bits per heavy atom. The highest BCUT2D eigenvalue weighted by molar-refractivity contribution is 7.17. The molecule has 3 nitrogen and oxygen atoms in total. The lowest BCUT2D eigenvalue weighted by Crippen LogP contribution is -2.14. The number of rotatable bonds is 4. The monoisotopic (exact) mass is 323 g/mol. The molecular weight excluding hydrogens is 309 g/mol. The molecule has 3 rings (SSSR count). The molecule has 6 heteroatoms. The smallest absolute Gasteiger partial charge is 0.194 e. The van der Waals surface area contributed by atoms with Crippen LogP contribution in [0.25, 0.3) is 4.96 Å². The summed E-state index contributed by atoms with van der Waals surface area (Å²) in [5.41, 5.74) is 3.15. The zero-order chi connectivity index (χ0) is 15.0. The number of hydrogen-bond acceptors (Lipinski definition) is 3. The summed E-state index contributed by atoms with van der Waals surface area (Å²) in [4.78, 5) is 6.82. The lowest BCUT2D eigenvalue weighted by molar-refractivity contribution is 0.624. The van der Waals surface area contributed by atoms with Gasteiger partial charge in [0.25, 0.3) is 0 Å². The van der Waals surface area contributed by atoms with E-state index in [1.807, 2.05) is 6.92 Å².